The summed E-state index contributed by atoms with van der Waals surface area (Å²) >= 11 is 3.55. The van der Waals surface area contributed by atoms with Crippen LogP contribution in [0.25, 0.3) is 0 Å². The average molecular weight is 299 g/mol. The van der Waals surface area contributed by atoms with Crippen molar-refractivity contribution in [2.24, 2.45) is 5.73 Å². The Morgan fingerprint density at radius 1 is 1.41 bits per heavy atom. The Kier molecular flexibility index (Phi) is 4.29. The molecule has 3 N–H and O–H groups in total. The molecule has 0 aromatic heterocycles. The van der Waals surface area contributed by atoms with Crippen molar-refractivity contribution < 1.29 is 4.74 Å². The first kappa shape index (κ1) is 12.7. The van der Waals surface area contributed by atoms with Gasteiger partial charge in [-0.2, -0.15) is 0 Å². The molecule has 1 aromatic rings. The molecule has 17 heavy (non-hydrogen) atoms. The van der Waals surface area contributed by atoms with Crippen LogP contribution >= 0.6 is 15.9 Å². The number of nitrogens with one attached hydrogen (secondary N) is 1. The number of hydrogen-bond acceptors (Lipinski definition) is 3. The number of ether oxygens (including phenoxy) is 1. The lowest BCUT2D eigenvalue weighted by atomic mass is 9.91. The summed E-state index contributed by atoms with van der Waals surface area (Å²) in [6.07, 6.45) is 4.60. The van der Waals surface area contributed by atoms with Crippen LogP contribution in [-0.4, -0.2) is 19.2 Å². The van der Waals surface area contributed by atoms with E-state index in [-0.39, 0.29) is 0 Å². The van der Waals surface area contributed by atoms with Gasteiger partial charge in [0.15, 0.2) is 0 Å². The molecular weight excluding hydrogens is 280 g/mol. The molecule has 0 amide bonds. The third-order valence-electron chi connectivity index (χ3n) is 3.25. The van der Waals surface area contributed by atoms with Crippen LogP contribution in [0.3, 0.4) is 0 Å². The molecular formula is C13H19BrN2O. The molecule has 0 saturated heterocycles. The van der Waals surface area contributed by atoms with Crippen LogP contribution in [0.2, 0.25) is 0 Å². The predicted molar refractivity (Wildman–Crippen MR) is 74.5 cm³/mol. The number of anilines is 1. The summed E-state index contributed by atoms with van der Waals surface area (Å²) in [5, 5.41) is 3.55. The molecule has 1 aliphatic carbocycles. The van der Waals surface area contributed by atoms with Crippen molar-refractivity contribution in [3.05, 3.63) is 22.7 Å². The molecule has 3 nitrogen and oxygen atoms in total. The van der Waals surface area contributed by atoms with Gasteiger partial charge in [-0.3, -0.25) is 0 Å². The third kappa shape index (κ3) is 3.36. The molecule has 1 aliphatic rings. The highest BCUT2D eigenvalue weighted by atomic mass is 79.9. The fraction of sp³-hybridized carbons (Fsp3) is 0.538. The molecule has 2 rings (SSSR count). The molecule has 2 unspecified atom stereocenters. The van der Waals surface area contributed by atoms with E-state index in [9.17, 15) is 0 Å². The van der Waals surface area contributed by atoms with Crippen molar-refractivity contribution in [3.63, 3.8) is 0 Å². The van der Waals surface area contributed by atoms with Gasteiger partial charge in [0.05, 0.1) is 12.8 Å². The standard InChI is InChI=1S/C13H19BrN2O/c1-17-11-5-6-12(14)13(8-11)16-10-4-2-3-9(15)7-10/h5-6,8-10,16H,2-4,7,15H2,1H3. The van der Waals surface area contributed by atoms with Crippen molar-refractivity contribution in [1.29, 1.82) is 0 Å². The van der Waals surface area contributed by atoms with Gasteiger partial charge in [0.1, 0.15) is 5.75 Å². The highest BCUT2D eigenvalue weighted by Crippen LogP contribution is 2.30. The van der Waals surface area contributed by atoms with Gasteiger partial charge in [-0.05, 0) is 53.7 Å². The van der Waals surface area contributed by atoms with Crippen molar-refractivity contribution in [1.82, 2.24) is 0 Å². The van der Waals surface area contributed by atoms with Gasteiger partial charge >= 0.3 is 0 Å². The molecule has 2 atom stereocenters. The molecule has 0 radical (unpaired) electrons. The second-order valence-electron chi connectivity index (χ2n) is 4.61. The van der Waals surface area contributed by atoms with Crippen LogP contribution in [0.1, 0.15) is 25.7 Å². The normalized spacial score (nSPS) is 24.4. The molecule has 1 saturated carbocycles. The van der Waals surface area contributed by atoms with Crippen LogP contribution < -0.4 is 15.8 Å². The van der Waals surface area contributed by atoms with Gasteiger partial charge in [-0.25, -0.2) is 0 Å². The van der Waals surface area contributed by atoms with E-state index in [4.69, 9.17) is 10.5 Å². The molecule has 94 valence electrons. The Labute approximate surface area is 111 Å². The van der Waals surface area contributed by atoms with Crippen LogP contribution in [0, 0.1) is 0 Å². The highest BCUT2D eigenvalue weighted by Gasteiger charge is 2.19. The minimum absolute atomic E-state index is 0.339. The lowest BCUT2D eigenvalue weighted by Crippen LogP contribution is -2.34. The lowest BCUT2D eigenvalue weighted by molar-refractivity contribution is 0.407. The minimum atomic E-state index is 0.339. The van der Waals surface area contributed by atoms with Crippen LogP contribution in [0.4, 0.5) is 5.69 Å². The summed E-state index contributed by atoms with van der Waals surface area (Å²) in [6.45, 7) is 0. The third-order valence-corrected chi connectivity index (χ3v) is 3.94. The Morgan fingerprint density at radius 3 is 2.94 bits per heavy atom. The zero-order valence-corrected chi connectivity index (χ0v) is 11.7. The summed E-state index contributed by atoms with van der Waals surface area (Å²) < 4.78 is 6.30. The first-order chi connectivity index (χ1) is 8.19. The number of halogens is 1. The van der Waals surface area contributed by atoms with Crippen molar-refractivity contribution >= 4 is 21.6 Å². The van der Waals surface area contributed by atoms with E-state index < -0.39 is 0 Å². The number of hydrogen-bond donors (Lipinski definition) is 2. The average Bonchev–Trinajstić information content (AvgIpc) is 2.32. The van der Waals surface area contributed by atoms with E-state index in [0.717, 1.165) is 28.8 Å². The topological polar surface area (TPSA) is 47.3 Å². The predicted octanol–water partition coefficient (Wildman–Crippen LogP) is 3.14. The van der Waals surface area contributed by atoms with Gasteiger partial charge in [-0.15, -0.1) is 0 Å². The molecule has 0 bridgehead atoms. The number of methoxy groups -OCH3 is 1. The maximum absolute atomic E-state index is 6.00. The summed E-state index contributed by atoms with van der Waals surface area (Å²) in [5.41, 5.74) is 7.08. The highest BCUT2D eigenvalue weighted by molar-refractivity contribution is 9.10. The van der Waals surface area contributed by atoms with Gasteiger partial charge in [-0.1, -0.05) is 0 Å². The monoisotopic (exact) mass is 298 g/mol. The Bertz CT molecular complexity index is 384. The molecule has 0 heterocycles. The van der Waals surface area contributed by atoms with E-state index in [1.807, 2.05) is 18.2 Å². The number of rotatable bonds is 3. The number of nitrogens with two attached hydrogens (primary N) is 1. The minimum Gasteiger partial charge on any atom is -0.497 e. The van der Waals surface area contributed by atoms with E-state index in [1.165, 1.54) is 12.8 Å². The van der Waals surface area contributed by atoms with Crippen LogP contribution in [-0.2, 0) is 0 Å². The van der Waals surface area contributed by atoms with Gasteiger partial charge in [0.2, 0.25) is 0 Å². The fourth-order valence-corrected chi connectivity index (χ4v) is 2.68. The van der Waals surface area contributed by atoms with E-state index in [1.54, 1.807) is 7.11 Å². The maximum Gasteiger partial charge on any atom is 0.121 e. The van der Waals surface area contributed by atoms with E-state index in [0.29, 0.717) is 12.1 Å². The summed E-state index contributed by atoms with van der Waals surface area (Å²) in [4.78, 5) is 0. The van der Waals surface area contributed by atoms with Gasteiger partial charge < -0.3 is 15.8 Å². The number of benzene rings is 1. The molecule has 0 spiro atoms. The second-order valence-corrected chi connectivity index (χ2v) is 5.47. The zero-order chi connectivity index (χ0) is 12.3. The largest absolute Gasteiger partial charge is 0.497 e. The Morgan fingerprint density at radius 2 is 2.24 bits per heavy atom. The van der Waals surface area contributed by atoms with Crippen molar-refractivity contribution in [2.75, 3.05) is 12.4 Å². The summed E-state index contributed by atoms with van der Waals surface area (Å²) in [7, 11) is 1.68. The fourth-order valence-electron chi connectivity index (χ4n) is 2.32. The molecule has 1 aromatic carbocycles. The van der Waals surface area contributed by atoms with Gasteiger partial charge in [0, 0.05) is 22.6 Å². The molecule has 1 fully saturated rings. The van der Waals surface area contributed by atoms with Crippen LogP contribution in [0.5, 0.6) is 5.75 Å². The Balaban J connectivity index is 2.06. The lowest BCUT2D eigenvalue weighted by Gasteiger charge is -2.28. The summed E-state index contributed by atoms with van der Waals surface area (Å²) in [6, 6.07) is 6.78. The smallest absolute Gasteiger partial charge is 0.121 e. The van der Waals surface area contributed by atoms with Crippen LogP contribution in [0.15, 0.2) is 22.7 Å². The van der Waals surface area contributed by atoms with Crippen molar-refractivity contribution in [2.45, 2.75) is 37.8 Å². The second kappa shape index (κ2) is 5.74. The molecule has 4 heteroatoms. The first-order valence-electron chi connectivity index (χ1n) is 6.04. The Hall–Kier alpha value is -0.740. The maximum atomic E-state index is 6.00. The molecule has 0 aliphatic heterocycles. The SMILES string of the molecule is COc1ccc(Br)c(NC2CCCC(N)C2)c1. The van der Waals surface area contributed by atoms with Gasteiger partial charge in [0.25, 0.3) is 0 Å². The summed E-state index contributed by atoms with van der Waals surface area (Å²) in [5.74, 6) is 0.871. The first-order valence-corrected chi connectivity index (χ1v) is 6.84. The quantitative estimate of drug-likeness (QED) is 0.901. The van der Waals surface area contributed by atoms with E-state index >= 15 is 0 Å². The van der Waals surface area contributed by atoms with E-state index in [2.05, 4.69) is 21.2 Å². The van der Waals surface area contributed by atoms with Crippen molar-refractivity contribution in [3.8, 4) is 5.75 Å². The zero-order valence-electron chi connectivity index (χ0n) is 10.1.